The van der Waals surface area contributed by atoms with Gasteiger partial charge in [0.05, 0.1) is 11.7 Å². The quantitative estimate of drug-likeness (QED) is 0.744. The number of anilines is 2. The molecule has 17 heavy (non-hydrogen) atoms. The summed E-state index contributed by atoms with van der Waals surface area (Å²) in [5.74, 6) is 1.16. The van der Waals surface area contributed by atoms with Crippen molar-refractivity contribution < 1.29 is 0 Å². The predicted octanol–water partition coefficient (Wildman–Crippen LogP) is 2.81. The summed E-state index contributed by atoms with van der Waals surface area (Å²) in [6.07, 6.45) is 2.59. The molecule has 3 nitrogen and oxygen atoms in total. The Bertz CT molecular complexity index is 439. The molecule has 3 rings (SSSR count). The molecule has 0 aliphatic carbocycles. The minimum absolute atomic E-state index is 0.383. The number of rotatable bonds is 0. The normalized spacial score (nSPS) is 25.8. The first kappa shape index (κ1) is 10.9. The van der Waals surface area contributed by atoms with Crippen molar-refractivity contribution in [2.45, 2.75) is 39.7 Å². The number of hydrogen-bond donors (Lipinski definition) is 1. The third-order valence-electron chi connectivity index (χ3n) is 4.27. The summed E-state index contributed by atoms with van der Waals surface area (Å²) in [5, 5.41) is 3.54. The highest BCUT2D eigenvalue weighted by molar-refractivity contribution is 5.69. The highest BCUT2D eigenvalue weighted by Gasteiger charge is 2.40. The van der Waals surface area contributed by atoms with Crippen molar-refractivity contribution in [1.29, 1.82) is 0 Å². The van der Waals surface area contributed by atoms with Gasteiger partial charge in [-0.25, -0.2) is 4.98 Å². The lowest BCUT2D eigenvalue weighted by Crippen LogP contribution is -2.56. The molecule has 0 spiro atoms. The van der Waals surface area contributed by atoms with E-state index < -0.39 is 0 Å². The molecule has 0 amide bonds. The van der Waals surface area contributed by atoms with Gasteiger partial charge in [0.25, 0.3) is 0 Å². The van der Waals surface area contributed by atoms with Crippen LogP contribution in [0.1, 0.15) is 32.4 Å². The van der Waals surface area contributed by atoms with Crippen LogP contribution in [0.3, 0.4) is 0 Å². The maximum Gasteiger partial charge on any atom is 0.152 e. The van der Waals surface area contributed by atoms with E-state index in [1.165, 1.54) is 18.5 Å². The minimum Gasteiger partial charge on any atom is -0.380 e. The molecule has 2 aliphatic heterocycles. The van der Waals surface area contributed by atoms with Crippen molar-refractivity contribution in [3.05, 3.63) is 17.8 Å². The third kappa shape index (κ3) is 1.68. The van der Waals surface area contributed by atoms with Gasteiger partial charge in [0, 0.05) is 18.8 Å². The van der Waals surface area contributed by atoms with E-state index in [4.69, 9.17) is 4.98 Å². The lowest BCUT2D eigenvalue weighted by molar-refractivity contribution is 0.216. The van der Waals surface area contributed by atoms with E-state index in [1.807, 2.05) is 0 Å². The topological polar surface area (TPSA) is 28.2 Å². The van der Waals surface area contributed by atoms with Crippen LogP contribution in [0.4, 0.5) is 11.5 Å². The van der Waals surface area contributed by atoms with Crippen LogP contribution in [-0.2, 0) is 0 Å². The molecule has 3 heteroatoms. The molecule has 1 N–H and O–H groups in total. The number of pyridine rings is 1. The van der Waals surface area contributed by atoms with Gasteiger partial charge in [-0.3, -0.25) is 0 Å². The van der Waals surface area contributed by atoms with Crippen molar-refractivity contribution in [2.75, 3.05) is 23.3 Å². The largest absolute Gasteiger partial charge is 0.380 e. The zero-order valence-corrected chi connectivity index (χ0v) is 11.0. The van der Waals surface area contributed by atoms with Crippen LogP contribution >= 0.6 is 0 Å². The molecular formula is C14H21N3. The second kappa shape index (κ2) is 3.62. The van der Waals surface area contributed by atoms with Gasteiger partial charge in [-0.1, -0.05) is 13.8 Å². The van der Waals surface area contributed by atoms with Gasteiger partial charge in [0.1, 0.15) is 0 Å². The van der Waals surface area contributed by atoms with E-state index in [2.05, 4.69) is 43.1 Å². The molecule has 1 unspecified atom stereocenters. The van der Waals surface area contributed by atoms with Crippen LogP contribution in [0, 0.1) is 12.3 Å². The van der Waals surface area contributed by atoms with E-state index in [9.17, 15) is 0 Å². The molecule has 1 atom stereocenters. The Hall–Kier alpha value is -1.25. The highest BCUT2D eigenvalue weighted by Crippen LogP contribution is 2.41. The summed E-state index contributed by atoms with van der Waals surface area (Å²) in [7, 11) is 0. The van der Waals surface area contributed by atoms with Crippen molar-refractivity contribution in [3.8, 4) is 0 Å². The van der Waals surface area contributed by atoms with Crippen molar-refractivity contribution in [3.63, 3.8) is 0 Å². The van der Waals surface area contributed by atoms with Crippen LogP contribution in [0.25, 0.3) is 0 Å². The molecule has 0 saturated carbocycles. The summed E-state index contributed by atoms with van der Waals surface area (Å²) in [4.78, 5) is 7.24. The summed E-state index contributed by atoms with van der Waals surface area (Å²) in [6, 6.07) is 4.83. The molecule has 1 aromatic rings. The molecule has 92 valence electrons. The average Bonchev–Trinajstić information content (AvgIpc) is 2.28. The molecule has 1 fully saturated rings. The first-order valence-electron chi connectivity index (χ1n) is 6.56. The van der Waals surface area contributed by atoms with Crippen LogP contribution < -0.4 is 10.2 Å². The zero-order valence-electron chi connectivity index (χ0n) is 11.0. The summed E-state index contributed by atoms with van der Waals surface area (Å²) in [5.41, 5.74) is 2.69. The second-order valence-electron chi connectivity index (χ2n) is 6.01. The second-order valence-corrected chi connectivity index (χ2v) is 6.01. The highest BCUT2D eigenvalue weighted by atomic mass is 15.3. The van der Waals surface area contributed by atoms with Crippen LogP contribution in [0.5, 0.6) is 0 Å². The fraction of sp³-hybridized carbons (Fsp3) is 0.643. The average molecular weight is 231 g/mol. The monoisotopic (exact) mass is 231 g/mol. The molecule has 2 aliphatic rings. The van der Waals surface area contributed by atoms with Gasteiger partial charge >= 0.3 is 0 Å². The summed E-state index contributed by atoms with van der Waals surface area (Å²) < 4.78 is 0. The summed E-state index contributed by atoms with van der Waals surface area (Å²) in [6.45, 7) is 9.03. The predicted molar refractivity (Wildman–Crippen MR) is 71.6 cm³/mol. The first-order valence-corrected chi connectivity index (χ1v) is 6.56. The molecule has 0 radical (unpaired) electrons. The lowest BCUT2D eigenvalue weighted by atomic mass is 9.75. The van der Waals surface area contributed by atoms with Crippen molar-refractivity contribution in [1.82, 2.24) is 4.98 Å². The maximum atomic E-state index is 4.73. The van der Waals surface area contributed by atoms with E-state index in [-0.39, 0.29) is 0 Å². The van der Waals surface area contributed by atoms with Gasteiger partial charge in [-0.2, -0.15) is 0 Å². The number of nitrogens with zero attached hydrogens (tertiary/aromatic N) is 2. The molecule has 0 bridgehead atoms. The number of piperidine rings is 1. The number of fused-ring (bicyclic) bond motifs is 3. The SMILES string of the molecule is Cc1ccc2c(n1)N1CCCC(C)(C)C1CN2. The lowest BCUT2D eigenvalue weighted by Gasteiger charge is -2.50. The van der Waals surface area contributed by atoms with Crippen LogP contribution in [0.15, 0.2) is 12.1 Å². The first-order chi connectivity index (χ1) is 8.08. The van der Waals surface area contributed by atoms with Crippen LogP contribution in [0.2, 0.25) is 0 Å². The number of hydrogen-bond acceptors (Lipinski definition) is 3. The number of aromatic nitrogens is 1. The van der Waals surface area contributed by atoms with Crippen LogP contribution in [-0.4, -0.2) is 24.1 Å². The molecule has 0 aromatic carbocycles. The maximum absolute atomic E-state index is 4.73. The van der Waals surface area contributed by atoms with Crippen molar-refractivity contribution in [2.24, 2.45) is 5.41 Å². The Kier molecular flexibility index (Phi) is 2.32. The molecule has 1 aromatic heterocycles. The number of aryl methyl sites for hydroxylation is 1. The van der Waals surface area contributed by atoms with Crippen molar-refractivity contribution >= 4 is 11.5 Å². The van der Waals surface area contributed by atoms with E-state index in [0.717, 1.165) is 24.6 Å². The Morgan fingerprint density at radius 2 is 2.24 bits per heavy atom. The zero-order chi connectivity index (χ0) is 12.0. The molecular weight excluding hydrogens is 210 g/mol. The van der Waals surface area contributed by atoms with Gasteiger partial charge in [0.15, 0.2) is 5.82 Å². The minimum atomic E-state index is 0.383. The fourth-order valence-corrected chi connectivity index (χ4v) is 3.20. The Morgan fingerprint density at radius 1 is 1.41 bits per heavy atom. The molecule has 1 saturated heterocycles. The standard InChI is InChI=1S/C14H21N3/c1-10-5-6-11-13(16-10)17-8-4-7-14(2,3)12(17)9-15-11/h5-6,12,15H,4,7-9H2,1-3H3. The van der Waals surface area contributed by atoms with Gasteiger partial charge in [0.2, 0.25) is 0 Å². The Balaban J connectivity index is 2.03. The smallest absolute Gasteiger partial charge is 0.152 e. The van der Waals surface area contributed by atoms with E-state index in [0.29, 0.717) is 11.5 Å². The summed E-state index contributed by atoms with van der Waals surface area (Å²) >= 11 is 0. The fourth-order valence-electron chi connectivity index (χ4n) is 3.20. The third-order valence-corrected chi connectivity index (χ3v) is 4.27. The van der Waals surface area contributed by atoms with E-state index in [1.54, 1.807) is 0 Å². The Morgan fingerprint density at radius 3 is 3.06 bits per heavy atom. The Labute approximate surface area is 103 Å². The number of nitrogens with one attached hydrogen (secondary N) is 1. The van der Waals surface area contributed by atoms with Gasteiger partial charge in [-0.05, 0) is 37.3 Å². The van der Waals surface area contributed by atoms with Gasteiger partial charge < -0.3 is 10.2 Å². The van der Waals surface area contributed by atoms with Gasteiger partial charge in [-0.15, -0.1) is 0 Å². The molecule has 3 heterocycles. The van der Waals surface area contributed by atoms with E-state index >= 15 is 0 Å².